The molecular formula is C22H28Cl2N4O3. The molecule has 0 aliphatic carbocycles. The summed E-state index contributed by atoms with van der Waals surface area (Å²) in [7, 11) is 1.71. The van der Waals surface area contributed by atoms with E-state index in [9.17, 15) is 9.59 Å². The van der Waals surface area contributed by atoms with Gasteiger partial charge in [0.25, 0.3) is 5.91 Å². The van der Waals surface area contributed by atoms with Gasteiger partial charge in [-0.05, 0) is 50.1 Å². The summed E-state index contributed by atoms with van der Waals surface area (Å²) >= 11 is 0. The van der Waals surface area contributed by atoms with E-state index in [0.717, 1.165) is 37.0 Å². The lowest BCUT2D eigenvalue weighted by Gasteiger charge is -2.22. The van der Waals surface area contributed by atoms with Crippen molar-refractivity contribution in [3.05, 3.63) is 64.0 Å². The standard InChI is InChI=1S/C22H26N4O3.2ClH/c1-15-12-19(16-6-5-9-23-13-16)29-22(28)20(15)21(27)25(2)10-11-26-14-24-17-7-3-4-8-18(17)26;;/h3-4,7-8,12,14,16,23H,5-6,9-11,13H2,1-2H3;2*1H. The van der Waals surface area contributed by atoms with E-state index >= 15 is 0 Å². The SMILES string of the molecule is Cc1cc(C2CCCNC2)oc(=O)c1C(=O)N(C)CCn1cnc2ccccc21.Cl.Cl. The maximum Gasteiger partial charge on any atom is 0.349 e. The molecular weight excluding hydrogens is 439 g/mol. The first-order chi connectivity index (χ1) is 14.0. The third kappa shape index (κ3) is 5.29. The van der Waals surface area contributed by atoms with E-state index in [1.165, 1.54) is 0 Å². The lowest BCUT2D eigenvalue weighted by Crippen LogP contribution is -2.34. The van der Waals surface area contributed by atoms with Crippen molar-refractivity contribution in [1.82, 2.24) is 19.8 Å². The molecule has 1 atom stereocenters. The van der Waals surface area contributed by atoms with E-state index in [4.69, 9.17) is 4.42 Å². The van der Waals surface area contributed by atoms with Gasteiger partial charge in [-0.25, -0.2) is 9.78 Å². The number of hydrogen-bond donors (Lipinski definition) is 1. The van der Waals surface area contributed by atoms with E-state index in [-0.39, 0.29) is 42.2 Å². The number of fused-ring (bicyclic) bond motifs is 1. The van der Waals surface area contributed by atoms with Gasteiger partial charge in [-0.15, -0.1) is 24.8 Å². The minimum absolute atomic E-state index is 0. The Hall–Kier alpha value is -2.35. The van der Waals surface area contributed by atoms with Gasteiger partial charge in [-0.2, -0.15) is 0 Å². The van der Waals surface area contributed by atoms with Gasteiger partial charge in [0, 0.05) is 32.6 Å². The first-order valence-corrected chi connectivity index (χ1v) is 10.1. The Labute approximate surface area is 193 Å². The zero-order chi connectivity index (χ0) is 20.4. The van der Waals surface area contributed by atoms with E-state index < -0.39 is 5.63 Å². The summed E-state index contributed by atoms with van der Waals surface area (Å²) in [5, 5.41) is 3.33. The Morgan fingerprint density at radius 3 is 2.81 bits per heavy atom. The fourth-order valence-corrected chi connectivity index (χ4v) is 3.92. The van der Waals surface area contributed by atoms with Gasteiger partial charge >= 0.3 is 5.63 Å². The molecule has 0 bridgehead atoms. The highest BCUT2D eigenvalue weighted by Crippen LogP contribution is 2.24. The molecule has 168 valence electrons. The molecule has 31 heavy (non-hydrogen) atoms. The number of amides is 1. The third-order valence-corrected chi connectivity index (χ3v) is 5.63. The maximum absolute atomic E-state index is 12.9. The molecule has 3 heterocycles. The number of nitrogens with one attached hydrogen (secondary N) is 1. The smallest absolute Gasteiger partial charge is 0.349 e. The van der Waals surface area contributed by atoms with Gasteiger partial charge in [0.05, 0.1) is 17.4 Å². The highest BCUT2D eigenvalue weighted by molar-refractivity contribution is 5.95. The van der Waals surface area contributed by atoms with Crippen LogP contribution in [0.25, 0.3) is 11.0 Å². The summed E-state index contributed by atoms with van der Waals surface area (Å²) in [5.41, 5.74) is 2.19. The van der Waals surface area contributed by atoms with Crippen LogP contribution in [0.2, 0.25) is 0 Å². The second-order valence-corrected chi connectivity index (χ2v) is 7.69. The molecule has 7 nitrogen and oxygen atoms in total. The van der Waals surface area contributed by atoms with Gasteiger partial charge in [0.1, 0.15) is 11.3 Å². The van der Waals surface area contributed by atoms with Gasteiger partial charge in [-0.1, -0.05) is 12.1 Å². The van der Waals surface area contributed by atoms with E-state index in [1.54, 1.807) is 25.2 Å². The molecule has 9 heteroatoms. The molecule has 1 N–H and O–H groups in total. The van der Waals surface area contributed by atoms with Crippen LogP contribution < -0.4 is 10.9 Å². The predicted octanol–water partition coefficient (Wildman–Crippen LogP) is 3.38. The Morgan fingerprint density at radius 2 is 2.10 bits per heavy atom. The van der Waals surface area contributed by atoms with Crippen LogP contribution in [-0.2, 0) is 6.54 Å². The van der Waals surface area contributed by atoms with Crippen molar-refractivity contribution in [2.75, 3.05) is 26.7 Å². The highest BCUT2D eigenvalue weighted by atomic mass is 35.5. The molecule has 3 aromatic rings. The topological polar surface area (TPSA) is 80.4 Å². The molecule has 0 radical (unpaired) electrons. The minimum atomic E-state index is -0.546. The predicted molar refractivity (Wildman–Crippen MR) is 126 cm³/mol. The zero-order valence-corrected chi connectivity index (χ0v) is 19.3. The molecule has 1 saturated heterocycles. The van der Waals surface area contributed by atoms with E-state index in [0.29, 0.717) is 24.4 Å². The lowest BCUT2D eigenvalue weighted by molar-refractivity contribution is 0.0784. The third-order valence-electron chi connectivity index (χ3n) is 5.63. The number of likely N-dealkylation sites (N-methyl/N-ethyl adjacent to an activating group) is 1. The number of para-hydroxylation sites is 2. The summed E-state index contributed by atoms with van der Waals surface area (Å²) in [6, 6.07) is 9.72. The number of imidazole rings is 1. The Morgan fingerprint density at radius 1 is 1.32 bits per heavy atom. The van der Waals surface area contributed by atoms with Crippen LogP contribution in [0, 0.1) is 6.92 Å². The molecule has 1 aliphatic rings. The molecule has 1 amide bonds. The fourth-order valence-electron chi connectivity index (χ4n) is 3.92. The van der Waals surface area contributed by atoms with Crippen molar-refractivity contribution in [3.63, 3.8) is 0 Å². The van der Waals surface area contributed by atoms with Crippen LogP contribution in [-0.4, -0.2) is 47.0 Å². The van der Waals surface area contributed by atoms with Gasteiger partial charge in [0.15, 0.2) is 0 Å². The van der Waals surface area contributed by atoms with E-state index in [1.807, 2.05) is 34.9 Å². The highest BCUT2D eigenvalue weighted by Gasteiger charge is 2.24. The number of piperidine rings is 1. The first-order valence-electron chi connectivity index (χ1n) is 10.1. The van der Waals surface area contributed by atoms with Crippen LogP contribution >= 0.6 is 24.8 Å². The number of aryl methyl sites for hydroxylation is 1. The number of nitrogens with zero attached hydrogens (tertiary/aromatic N) is 3. The fraction of sp³-hybridized carbons (Fsp3) is 0.409. The number of halogens is 2. The Kier molecular flexibility index (Phi) is 8.68. The van der Waals surface area contributed by atoms with E-state index in [2.05, 4.69) is 10.3 Å². The molecule has 1 aromatic carbocycles. The quantitative estimate of drug-likeness (QED) is 0.623. The van der Waals surface area contributed by atoms with Gasteiger partial charge in [0.2, 0.25) is 0 Å². The average molecular weight is 467 g/mol. The Balaban J connectivity index is 0.00000171. The average Bonchev–Trinajstić information content (AvgIpc) is 3.15. The summed E-state index contributed by atoms with van der Waals surface area (Å²) in [4.78, 5) is 31.5. The van der Waals surface area contributed by atoms with Crippen molar-refractivity contribution in [2.45, 2.75) is 32.2 Å². The number of carbonyl (C=O) groups is 1. The van der Waals surface area contributed by atoms with Crippen molar-refractivity contribution < 1.29 is 9.21 Å². The summed E-state index contributed by atoms with van der Waals surface area (Å²) < 4.78 is 7.56. The summed E-state index contributed by atoms with van der Waals surface area (Å²) in [6.45, 7) is 4.66. The zero-order valence-electron chi connectivity index (χ0n) is 17.7. The van der Waals surface area contributed by atoms with Crippen LogP contribution in [0.15, 0.2) is 45.9 Å². The second kappa shape index (κ2) is 10.8. The molecule has 1 unspecified atom stereocenters. The summed E-state index contributed by atoms with van der Waals surface area (Å²) in [6.07, 6.45) is 3.82. The van der Waals surface area contributed by atoms with Gasteiger partial charge in [-0.3, -0.25) is 4.79 Å². The van der Waals surface area contributed by atoms with Crippen LogP contribution in [0.3, 0.4) is 0 Å². The van der Waals surface area contributed by atoms with Crippen LogP contribution in [0.4, 0.5) is 0 Å². The van der Waals surface area contributed by atoms with Crippen molar-refractivity contribution >= 4 is 41.8 Å². The second-order valence-electron chi connectivity index (χ2n) is 7.69. The van der Waals surface area contributed by atoms with Gasteiger partial charge < -0.3 is 19.2 Å². The normalized spacial score (nSPS) is 15.7. The molecule has 4 rings (SSSR count). The lowest BCUT2D eigenvalue weighted by atomic mass is 9.95. The van der Waals surface area contributed by atoms with Crippen molar-refractivity contribution in [3.8, 4) is 0 Å². The monoisotopic (exact) mass is 466 g/mol. The number of hydrogen-bond acceptors (Lipinski definition) is 5. The number of carbonyl (C=O) groups excluding carboxylic acids is 1. The largest absolute Gasteiger partial charge is 0.427 e. The number of aromatic nitrogens is 2. The van der Waals surface area contributed by atoms with Crippen molar-refractivity contribution in [1.29, 1.82) is 0 Å². The molecule has 0 spiro atoms. The Bertz CT molecular complexity index is 1090. The van der Waals surface area contributed by atoms with Crippen molar-refractivity contribution in [2.24, 2.45) is 0 Å². The van der Waals surface area contributed by atoms with Crippen LogP contribution in [0.5, 0.6) is 0 Å². The number of rotatable bonds is 5. The first kappa shape index (κ1) is 24.9. The summed E-state index contributed by atoms with van der Waals surface area (Å²) in [5.74, 6) is 0.546. The molecule has 2 aromatic heterocycles. The molecule has 1 aliphatic heterocycles. The van der Waals surface area contributed by atoms with Crippen LogP contribution in [0.1, 0.15) is 40.4 Å². The molecule has 1 fully saturated rings. The number of benzene rings is 1. The minimum Gasteiger partial charge on any atom is -0.427 e. The molecule has 0 saturated carbocycles. The maximum atomic E-state index is 12.9.